The summed E-state index contributed by atoms with van der Waals surface area (Å²) in [6.45, 7) is 2.73. The molecule has 0 radical (unpaired) electrons. The Bertz CT molecular complexity index is 1010. The van der Waals surface area contributed by atoms with Crippen LogP contribution < -0.4 is 10.6 Å². The number of aliphatic imine (C=N–C) groups is 1. The molecule has 0 unspecified atom stereocenters. The number of guanidine groups is 1. The average Bonchev–Trinajstić information content (AvgIpc) is 3.12. The summed E-state index contributed by atoms with van der Waals surface area (Å²) in [5.41, 5.74) is -0.327. The average molecular weight is 422 g/mol. The third-order valence-electron chi connectivity index (χ3n) is 4.38. The quantitative estimate of drug-likeness (QED) is 0.264. The van der Waals surface area contributed by atoms with Crippen LogP contribution in [0.4, 0.5) is 17.6 Å². The molecule has 0 bridgehead atoms. The molecule has 2 aromatic heterocycles. The number of hydrogen-bond donors (Lipinski definition) is 2. The van der Waals surface area contributed by atoms with E-state index in [0.29, 0.717) is 31.5 Å². The maximum atomic E-state index is 13.2. The number of fused-ring (bicyclic) bond motifs is 1. The maximum absolute atomic E-state index is 13.2. The fourth-order valence-corrected chi connectivity index (χ4v) is 2.97. The number of rotatable bonds is 7. The van der Waals surface area contributed by atoms with Gasteiger partial charge in [-0.05, 0) is 43.2 Å². The van der Waals surface area contributed by atoms with Crippen molar-refractivity contribution in [3.8, 4) is 0 Å². The zero-order valence-corrected chi connectivity index (χ0v) is 16.4. The van der Waals surface area contributed by atoms with Crippen molar-refractivity contribution in [2.24, 2.45) is 4.99 Å². The molecule has 1 aromatic carbocycles. The van der Waals surface area contributed by atoms with Crippen LogP contribution in [0, 0.1) is 5.82 Å². The summed E-state index contributed by atoms with van der Waals surface area (Å²) in [6.07, 6.45) is -1.34. The molecule has 3 rings (SSSR count). The maximum Gasteiger partial charge on any atom is 0.416 e. The topological polar surface area (TPSA) is 66.6 Å². The summed E-state index contributed by atoms with van der Waals surface area (Å²) < 4.78 is 54.6. The van der Waals surface area contributed by atoms with Crippen LogP contribution in [-0.4, -0.2) is 33.6 Å². The number of aromatic nitrogens is 3. The standard InChI is InChI=1S/C20H22F4N6/c1-2-25-19(27-13-14-8-9-15(21)12-16(14)20(22,23)24)26-10-5-7-18-29-28-17-6-3-4-11-30(17)18/h3-4,6,8-9,11-12H,2,5,7,10,13H2,1H3,(H2,25,26,27). The SMILES string of the molecule is CCNC(=NCc1ccc(F)cc1C(F)(F)F)NCCCc1nnc2ccccn12. The number of nitrogens with one attached hydrogen (secondary N) is 2. The highest BCUT2D eigenvalue weighted by molar-refractivity contribution is 5.79. The molecule has 0 spiro atoms. The Hall–Kier alpha value is -3.17. The molecule has 30 heavy (non-hydrogen) atoms. The van der Waals surface area contributed by atoms with Crippen molar-refractivity contribution in [1.82, 2.24) is 25.2 Å². The number of aryl methyl sites for hydroxylation is 1. The summed E-state index contributed by atoms with van der Waals surface area (Å²) in [6, 6.07) is 8.27. The second kappa shape index (κ2) is 9.55. The molecule has 2 heterocycles. The summed E-state index contributed by atoms with van der Waals surface area (Å²) in [7, 11) is 0. The van der Waals surface area contributed by atoms with Crippen molar-refractivity contribution in [2.75, 3.05) is 13.1 Å². The van der Waals surface area contributed by atoms with Crippen LogP contribution >= 0.6 is 0 Å². The molecule has 0 aliphatic carbocycles. The van der Waals surface area contributed by atoms with Gasteiger partial charge in [0.05, 0.1) is 12.1 Å². The molecule has 0 saturated carbocycles. The van der Waals surface area contributed by atoms with E-state index < -0.39 is 17.6 Å². The first-order valence-electron chi connectivity index (χ1n) is 9.55. The Labute approximate surface area is 171 Å². The summed E-state index contributed by atoms with van der Waals surface area (Å²) in [4.78, 5) is 4.21. The van der Waals surface area contributed by atoms with Gasteiger partial charge in [0.2, 0.25) is 0 Å². The molecular formula is C20H22F4N6. The number of hydrogen-bond acceptors (Lipinski definition) is 3. The lowest BCUT2D eigenvalue weighted by molar-refractivity contribution is -0.138. The van der Waals surface area contributed by atoms with Crippen LogP contribution in [0.1, 0.15) is 30.3 Å². The van der Waals surface area contributed by atoms with Gasteiger partial charge in [-0.3, -0.25) is 4.40 Å². The van der Waals surface area contributed by atoms with E-state index in [1.165, 1.54) is 0 Å². The van der Waals surface area contributed by atoms with E-state index in [0.717, 1.165) is 30.0 Å². The predicted molar refractivity (Wildman–Crippen MR) is 106 cm³/mol. The van der Waals surface area contributed by atoms with Gasteiger partial charge in [0.15, 0.2) is 11.6 Å². The Morgan fingerprint density at radius 3 is 2.73 bits per heavy atom. The van der Waals surface area contributed by atoms with Crippen LogP contribution in [0.3, 0.4) is 0 Å². The van der Waals surface area contributed by atoms with Gasteiger partial charge in [-0.2, -0.15) is 13.2 Å². The van der Waals surface area contributed by atoms with E-state index in [-0.39, 0.29) is 12.1 Å². The second-order valence-corrected chi connectivity index (χ2v) is 6.57. The summed E-state index contributed by atoms with van der Waals surface area (Å²) >= 11 is 0. The first kappa shape index (κ1) is 21.5. The van der Waals surface area contributed by atoms with E-state index in [1.54, 1.807) is 0 Å². The molecule has 3 aromatic rings. The highest BCUT2D eigenvalue weighted by atomic mass is 19.4. The zero-order valence-electron chi connectivity index (χ0n) is 16.4. The second-order valence-electron chi connectivity index (χ2n) is 6.57. The zero-order chi connectivity index (χ0) is 21.6. The number of alkyl halides is 3. The Morgan fingerprint density at radius 1 is 1.13 bits per heavy atom. The van der Waals surface area contributed by atoms with Crippen LogP contribution in [0.15, 0.2) is 47.6 Å². The fourth-order valence-electron chi connectivity index (χ4n) is 2.97. The largest absolute Gasteiger partial charge is 0.416 e. The van der Waals surface area contributed by atoms with Gasteiger partial charge in [-0.25, -0.2) is 9.38 Å². The van der Waals surface area contributed by atoms with Gasteiger partial charge in [0, 0.05) is 25.7 Å². The summed E-state index contributed by atoms with van der Waals surface area (Å²) in [5.74, 6) is 0.289. The van der Waals surface area contributed by atoms with Crippen molar-refractivity contribution < 1.29 is 17.6 Å². The number of benzene rings is 1. The van der Waals surface area contributed by atoms with E-state index in [2.05, 4.69) is 25.8 Å². The van der Waals surface area contributed by atoms with Gasteiger partial charge in [-0.1, -0.05) is 12.1 Å². The van der Waals surface area contributed by atoms with Crippen molar-refractivity contribution in [3.05, 3.63) is 65.4 Å². The highest BCUT2D eigenvalue weighted by Crippen LogP contribution is 2.32. The van der Waals surface area contributed by atoms with Crippen molar-refractivity contribution >= 4 is 11.6 Å². The molecule has 6 nitrogen and oxygen atoms in total. The molecule has 0 fully saturated rings. The molecule has 0 aliphatic heterocycles. The number of pyridine rings is 1. The Balaban J connectivity index is 1.60. The van der Waals surface area contributed by atoms with Gasteiger partial charge >= 0.3 is 6.18 Å². The molecule has 0 aliphatic rings. The molecule has 2 N–H and O–H groups in total. The fraction of sp³-hybridized carbons (Fsp3) is 0.350. The summed E-state index contributed by atoms with van der Waals surface area (Å²) in [5, 5.41) is 14.4. The van der Waals surface area contributed by atoms with Crippen molar-refractivity contribution in [3.63, 3.8) is 0 Å². The van der Waals surface area contributed by atoms with Crippen LogP contribution in [0.2, 0.25) is 0 Å². The van der Waals surface area contributed by atoms with E-state index in [9.17, 15) is 17.6 Å². The molecule has 0 atom stereocenters. The van der Waals surface area contributed by atoms with Crippen molar-refractivity contribution in [1.29, 1.82) is 0 Å². The molecule has 160 valence electrons. The number of nitrogens with zero attached hydrogens (tertiary/aromatic N) is 4. The van der Waals surface area contributed by atoms with Gasteiger partial charge < -0.3 is 10.6 Å². The van der Waals surface area contributed by atoms with E-state index in [1.807, 2.05) is 35.7 Å². The lowest BCUT2D eigenvalue weighted by atomic mass is 10.1. The Kier molecular flexibility index (Phi) is 6.86. The number of halogens is 4. The molecule has 0 amide bonds. The minimum Gasteiger partial charge on any atom is -0.357 e. The third-order valence-corrected chi connectivity index (χ3v) is 4.38. The van der Waals surface area contributed by atoms with Gasteiger partial charge in [-0.15, -0.1) is 10.2 Å². The van der Waals surface area contributed by atoms with Crippen LogP contribution in [0.25, 0.3) is 5.65 Å². The van der Waals surface area contributed by atoms with Gasteiger partial charge in [0.1, 0.15) is 11.6 Å². The van der Waals surface area contributed by atoms with E-state index >= 15 is 0 Å². The lowest BCUT2D eigenvalue weighted by Gasteiger charge is -2.14. The smallest absolute Gasteiger partial charge is 0.357 e. The lowest BCUT2D eigenvalue weighted by Crippen LogP contribution is -2.38. The Morgan fingerprint density at radius 2 is 1.97 bits per heavy atom. The normalized spacial score (nSPS) is 12.4. The van der Waals surface area contributed by atoms with Gasteiger partial charge in [0.25, 0.3) is 0 Å². The van der Waals surface area contributed by atoms with Crippen molar-refractivity contribution in [2.45, 2.75) is 32.5 Å². The van der Waals surface area contributed by atoms with E-state index in [4.69, 9.17) is 0 Å². The first-order valence-corrected chi connectivity index (χ1v) is 9.55. The molecule has 10 heteroatoms. The predicted octanol–water partition coefficient (Wildman–Crippen LogP) is 3.58. The van der Waals surface area contributed by atoms with Crippen LogP contribution in [0.5, 0.6) is 0 Å². The first-order chi connectivity index (χ1) is 14.4. The highest BCUT2D eigenvalue weighted by Gasteiger charge is 2.33. The minimum atomic E-state index is -4.64. The van der Waals surface area contributed by atoms with Crippen LogP contribution in [-0.2, 0) is 19.1 Å². The monoisotopic (exact) mass is 422 g/mol. The minimum absolute atomic E-state index is 0.0870. The molecule has 0 saturated heterocycles. The molecular weight excluding hydrogens is 400 g/mol. The third kappa shape index (κ3) is 5.46.